The molecule has 0 N–H and O–H groups in total. The first-order valence-corrected chi connectivity index (χ1v) is 7.56. The summed E-state index contributed by atoms with van der Waals surface area (Å²) in [4.78, 5) is 12.8. The molecule has 98 valence electrons. The van der Waals surface area contributed by atoms with Crippen LogP contribution in [0.15, 0.2) is 23.1 Å². The molecule has 0 spiro atoms. The van der Waals surface area contributed by atoms with E-state index in [0.717, 1.165) is 18.4 Å². The van der Waals surface area contributed by atoms with Crippen molar-refractivity contribution in [3.63, 3.8) is 0 Å². The highest BCUT2D eigenvalue weighted by atomic mass is 35.5. The third-order valence-electron chi connectivity index (χ3n) is 2.71. The van der Waals surface area contributed by atoms with Crippen LogP contribution in [0.1, 0.15) is 6.42 Å². The van der Waals surface area contributed by atoms with Gasteiger partial charge >= 0.3 is 0 Å². The Hall–Kier alpha value is -1.14. The van der Waals surface area contributed by atoms with E-state index in [0.29, 0.717) is 0 Å². The number of nitrogens with zero attached hydrogens (tertiary/aromatic N) is 1. The van der Waals surface area contributed by atoms with E-state index in [2.05, 4.69) is 0 Å². The summed E-state index contributed by atoms with van der Waals surface area (Å²) in [5, 5.41) is -0.376. The average molecular weight is 292 g/mol. The highest BCUT2D eigenvalue weighted by molar-refractivity contribution is 7.90. The number of alkyl halides is 1. The minimum atomic E-state index is -3.44. The predicted octanol–water partition coefficient (Wildman–Crippen LogP) is 1.57. The number of rotatable bonds is 2. The van der Waals surface area contributed by atoms with Crippen molar-refractivity contribution in [2.45, 2.75) is 16.7 Å². The van der Waals surface area contributed by atoms with Gasteiger partial charge in [-0.3, -0.25) is 4.79 Å². The van der Waals surface area contributed by atoms with E-state index >= 15 is 0 Å². The van der Waals surface area contributed by atoms with Crippen LogP contribution in [0.25, 0.3) is 0 Å². The van der Waals surface area contributed by atoms with Gasteiger partial charge in [0, 0.05) is 19.2 Å². The van der Waals surface area contributed by atoms with Gasteiger partial charge in [0.25, 0.3) is 0 Å². The number of carbonyl (C=O) groups excluding carboxylic acids is 1. The fourth-order valence-corrected chi connectivity index (χ4v) is 2.74. The first kappa shape index (κ1) is 13.3. The van der Waals surface area contributed by atoms with Gasteiger partial charge in [0.05, 0.1) is 16.0 Å². The van der Waals surface area contributed by atoms with Crippen molar-refractivity contribution in [1.29, 1.82) is 0 Å². The topological polar surface area (TPSA) is 54.5 Å². The largest absolute Gasteiger partial charge is 0.308 e. The van der Waals surface area contributed by atoms with Crippen molar-refractivity contribution >= 4 is 33.0 Å². The van der Waals surface area contributed by atoms with Crippen molar-refractivity contribution in [2.24, 2.45) is 0 Å². The molecule has 1 heterocycles. The van der Waals surface area contributed by atoms with Crippen LogP contribution in [-0.4, -0.2) is 32.5 Å². The molecule has 1 aliphatic heterocycles. The SMILES string of the molecule is CS(=O)(=O)c1ccc(F)c(N2CC(Cl)CC2=O)c1. The summed E-state index contributed by atoms with van der Waals surface area (Å²) in [5.41, 5.74) is -0.0360. The van der Waals surface area contributed by atoms with Crippen LogP contribution < -0.4 is 4.90 Å². The van der Waals surface area contributed by atoms with Crippen molar-refractivity contribution < 1.29 is 17.6 Å². The third-order valence-corrected chi connectivity index (χ3v) is 4.12. The Morgan fingerprint density at radius 2 is 2.11 bits per heavy atom. The van der Waals surface area contributed by atoms with Crippen LogP contribution in [0, 0.1) is 5.82 Å². The highest BCUT2D eigenvalue weighted by Gasteiger charge is 2.31. The molecule has 7 heteroatoms. The van der Waals surface area contributed by atoms with Gasteiger partial charge in [-0.05, 0) is 18.2 Å². The third kappa shape index (κ3) is 2.49. The van der Waals surface area contributed by atoms with Crippen molar-refractivity contribution in [3.8, 4) is 0 Å². The van der Waals surface area contributed by atoms with Crippen LogP contribution in [-0.2, 0) is 14.6 Å². The molecule has 1 amide bonds. The molecule has 1 fully saturated rings. The lowest BCUT2D eigenvalue weighted by atomic mass is 10.3. The lowest BCUT2D eigenvalue weighted by Crippen LogP contribution is -2.25. The molecule has 1 aromatic rings. The monoisotopic (exact) mass is 291 g/mol. The van der Waals surface area contributed by atoms with Crippen LogP contribution >= 0.6 is 11.6 Å². The number of halogens is 2. The van der Waals surface area contributed by atoms with Gasteiger partial charge in [0.2, 0.25) is 5.91 Å². The molecular formula is C11H11ClFNO3S. The maximum Gasteiger partial charge on any atom is 0.228 e. The molecule has 4 nitrogen and oxygen atoms in total. The molecule has 1 saturated heterocycles. The summed E-state index contributed by atoms with van der Waals surface area (Å²) >= 11 is 5.83. The first-order valence-electron chi connectivity index (χ1n) is 5.23. The normalized spacial score (nSPS) is 20.5. The molecule has 0 saturated carbocycles. The number of carbonyl (C=O) groups is 1. The Balaban J connectivity index is 2.48. The van der Waals surface area contributed by atoms with Gasteiger partial charge in [-0.15, -0.1) is 11.6 Å². The van der Waals surface area contributed by atoms with Gasteiger partial charge in [-0.2, -0.15) is 0 Å². The van der Waals surface area contributed by atoms with E-state index in [1.165, 1.54) is 11.0 Å². The summed E-state index contributed by atoms with van der Waals surface area (Å²) in [7, 11) is -3.44. The lowest BCUT2D eigenvalue weighted by Gasteiger charge is -2.17. The van der Waals surface area contributed by atoms with Crippen LogP contribution in [0.2, 0.25) is 0 Å². The number of hydrogen-bond donors (Lipinski definition) is 0. The predicted molar refractivity (Wildman–Crippen MR) is 66.1 cm³/mol. The summed E-state index contributed by atoms with van der Waals surface area (Å²) in [6, 6.07) is 3.38. The van der Waals surface area contributed by atoms with Crippen LogP contribution in [0.4, 0.5) is 10.1 Å². The average Bonchev–Trinajstić information content (AvgIpc) is 2.56. The Morgan fingerprint density at radius 1 is 1.44 bits per heavy atom. The standard InChI is InChI=1S/C11H11ClFNO3S/c1-18(16,17)8-2-3-9(13)10(5-8)14-6-7(12)4-11(14)15/h2-3,5,7H,4,6H2,1H3. The van der Waals surface area contributed by atoms with Crippen molar-refractivity contribution in [2.75, 3.05) is 17.7 Å². The summed E-state index contributed by atoms with van der Waals surface area (Å²) in [6.45, 7) is 0.185. The number of benzene rings is 1. The number of amides is 1. The molecule has 0 aromatic heterocycles. The Bertz CT molecular complexity index is 602. The first-order chi connectivity index (χ1) is 8.29. The molecule has 0 radical (unpaired) electrons. The van der Waals surface area contributed by atoms with Gasteiger partial charge in [0.1, 0.15) is 5.82 Å². The highest BCUT2D eigenvalue weighted by Crippen LogP contribution is 2.28. The van der Waals surface area contributed by atoms with Gasteiger partial charge in [0.15, 0.2) is 9.84 Å². The molecule has 0 aliphatic carbocycles. The number of hydrogen-bond acceptors (Lipinski definition) is 3. The molecule has 1 aromatic carbocycles. The van der Waals surface area contributed by atoms with E-state index in [9.17, 15) is 17.6 Å². The molecule has 18 heavy (non-hydrogen) atoms. The Labute approximate surface area is 109 Å². The van der Waals surface area contributed by atoms with E-state index in [1.54, 1.807) is 0 Å². The van der Waals surface area contributed by atoms with Crippen LogP contribution in [0.3, 0.4) is 0 Å². The molecule has 1 aliphatic rings. The molecular weight excluding hydrogens is 281 g/mol. The second-order valence-corrected chi connectivity index (χ2v) is 6.82. The van der Waals surface area contributed by atoms with Crippen molar-refractivity contribution in [3.05, 3.63) is 24.0 Å². The summed E-state index contributed by atoms with van der Waals surface area (Å²) < 4.78 is 36.5. The number of anilines is 1. The fourth-order valence-electron chi connectivity index (χ4n) is 1.83. The number of sulfone groups is 1. The van der Waals surface area contributed by atoms with Gasteiger partial charge < -0.3 is 4.90 Å². The zero-order valence-electron chi connectivity index (χ0n) is 9.56. The van der Waals surface area contributed by atoms with E-state index in [-0.39, 0.29) is 34.8 Å². The zero-order valence-corrected chi connectivity index (χ0v) is 11.1. The summed E-state index contributed by atoms with van der Waals surface area (Å²) in [5.74, 6) is -0.943. The Kier molecular flexibility index (Phi) is 3.33. The Morgan fingerprint density at radius 3 is 2.61 bits per heavy atom. The quantitative estimate of drug-likeness (QED) is 0.614. The fraction of sp³-hybridized carbons (Fsp3) is 0.364. The molecule has 0 bridgehead atoms. The minimum Gasteiger partial charge on any atom is -0.308 e. The zero-order chi connectivity index (χ0) is 13.5. The van der Waals surface area contributed by atoms with Crippen molar-refractivity contribution in [1.82, 2.24) is 0 Å². The molecule has 1 unspecified atom stereocenters. The second-order valence-electron chi connectivity index (χ2n) is 4.19. The smallest absolute Gasteiger partial charge is 0.228 e. The van der Waals surface area contributed by atoms with Gasteiger partial charge in [-0.25, -0.2) is 12.8 Å². The van der Waals surface area contributed by atoms with E-state index < -0.39 is 15.7 Å². The second kappa shape index (κ2) is 4.51. The van der Waals surface area contributed by atoms with E-state index in [4.69, 9.17) is 11.6 Å². The summed E-state index contributed by atoms with van der Waals surface area (Å²) in [6.07, 6.45) is 1.16. The molecule has 1 atom stereocenters. The lowest BCUT2D eigenvalue weighted by molar-refractivity contribution is -0.117. The van der Waals surface area contributed by atoms with Crippen LogP contribution in [0.5, 0.6) is 0 Å². The van der Waals surface area contributed by atoms with Gasteiger partial charge in [-0.1, -0.05) is 0 Å². The maximum absolute atomic E-state index is 13.7. The maximum atomic E-state index is 13.7. The molecule has 2 rings (SSSR count). The van der Waals surface area contributed by atoms with E-state index in [1.807, 2.05) is 0 Å². The minimum absolute atomic E-state index is 0.0234.